The van der Waals surface area contributed by atoms with Gasteiger partial charge >= 0.3 is 0 Å². The van der Waals surface area contributed by atoms with Gasteiger partial charge in [-0.05, 0) is 12.1 Å². The van der Waals surface area contributed by atoms with Crippen molar-refractivity contribution < 1.29 is 13.9 Å². The van der Waals surface area contributed by atoms with Crippen molar-refractivity contribution in [1.82, 2.24) is 15.0 Å². The molecule has 0 bridgehead atoms. The lowest BCUT2D eigenvalue weighted by Crippen LogP contribution is -2.05. The third-order valence-electron chi connectivity index (χ3n) is 3.54. The molecule has 0 amide bonds. The van der Waals surface area contributed by atoms with Crippen LogP contribution >= 0.6 is 11.3 Å². The molecule has 0 radical (unpaired) electrons. The molecule has 4 rings (SSSR count). The number of rotatable bonds is 5. The molecule has 0 saturated heterocycles. The molecule has 0 atom stereocenters. The SMILES string of the molecule is COCCOc1c(-c2cnc(N)s2)ncc2c1oc1ncccc12. The number of thiazole rings is 1. The predicted octanol–water partition coefficient (Wildman–Crippen LogP) is 3.11. The van der Waals surface area contributed by atoms with E-state index < -0.39 is 0 Å². The van der Waals surface area contributed by atoms with Gasteiger partial charge in [-0.2, -0.15) is 0 Å². The van der Waals surface area contributed by atoms with E-state index in [1.54, 1.807) is 25.7 Å². The van der Waals surface area contributed by atoms with E-state index in [0.717, 1.165) is 15.6 Å². The molecule has 24 heavy (non-hydrogen) atoms. The highest BCUT2D eigenvalue weighted by Gasteiger charge is 2.20. The van der Waals surface area contributed by atoms with Crippen LogP contribution in [0.4, 0.5) is 5.13 Å². The second-order valence-corrected chi connectivity index (χ2v) is 6.10. The summed E-state index contributed by atoms with van der Waals surface area (Å²) in [5, 5.41) is 2.22. The van der Waals surface area contributed by atoms with Gasteiger partial charge in [-0.15, -0.1) is 0 Å². The molecular weight excluding hydrogens is 328 g/mol. The van der Waals surface area contributed by atoms with Crippen LogP contribution < -0.4 is 10.5 Å². The van der Waals surface area contributed by atoms with Crippen molar-refractivity contribution in [2.24, 2.45) is 0 Å². The molecule has 0 fully saturated rings. The minimum absolute atomic E-state index is 0.378. The maximum Gasteiger partial charge on any atom is 0.227 e. The first kappa shape index (κ1) is 14.9. The average Bonchev–Trinajstić information content (AvgIpc) is 3.19. The number of nitrogens with two attached hydrogens (primary N) is 1. The van der Waals surface area contributed by atoms with E-state index in [2.05, 4.69) is 15.0 Å². The second-order valence-electron chi connectivity index (χ2n) is 5.04. The Morgan fingerprint density at radius 2 is 2.08 bits per heavy atom. The second kappa shape index (κ2) is 6.06. The van der Waals surface area contributed by atoms with E-state index in [4.69, 9.17) is 19.6 Å². The van der Waals surface area contributed by atoms with Crippen LogP contribution in [0.25, 0.3) is 32.6 Å². The first-order chi connectivity index (χ1) is 11.8. The monoisotopic (exact) mass is 342 g/mol. The van der Waals surface area contributed by atoms with E-state index in [0.29, 0.717) is 41.1 Å². The molecule has 4 aromatic heterocycles. The third kappa shape index (κ3) is 2.45. The normalized spacial score (nSPS) is 11.4. The van der Waals surface area contributed by atoms with Crippen LogP contribution in [-0.4, -0.2) is 35.3 Å². The number of fused-ring (bicyclic) bond motifs is 3. The maximum atomic E-state index is 5.92. The van der Waals surface area contributed by atoms with E-state index in [1.807, 2.05) is 12.1 Å². The highest BCUT2D eigenvalue weighted by Crippen LogP contribution is 2.41. The van der Waals surface area contributed by atoms with Crippen LogP contribution in [0.3, 0.4) is 0 Å². The molecule has 4 aromatic rings. The van der Waals surface area contributed by atoms with E-state index >= 15 is 0 Å². The number of nitrogen functional groups attached to an aromatic ring is 1. The van der Waals surface area contributed by atoms with Crippen LogP contribution in [0.1, 0.15) is 0 Å². The molecule has 0 aliphatic carbocycles. The lowest BCUT2D eigenvalue weighted by Gasteiger charge is -2.09. The maximum absolute atomic E-state index is 5.92. The summed E-state index contributed by atoms with van der Waals surface area (Å²) >= 11 is 1.35. The van der Waals surface area contributed by atoms with Crippen LogP contribution in [0, 0.1) is 0 Å². The number of anilines is 1. The Balaban J connectivity index is 1.94. The van der Waals surface area contributed by atoms with Crippen LogP contribution in [0.5, 0.6) is 5.75 Å². The summed E-state index contributed by atoms with van der Waals surface area (Å²) in [7, 11) is 1.62. The molecule has 0 aliphatic heterocycles. The number of aromatic nitrogens is 3. The van der Waals surface area contributed by atoms with E-state index in [9.17, 15) is 0 Å². The lowest BCUT2D eigenvalue weighted by atomic mass is 10.2. The van der Waals surface area contributed by atoms with E-state index in [1.165, 1.54) is 11.3 Å². The molecule has 0 aliphatic rings. The highest BCUT2D eigenvalue weighted by atomic mass is 32.1. The van der Waals surface area contributed by atoms with Gasteiger partial charge in [-0.3, -0.25) is 4.98 Å². The fraction of sp³-hybridized carbons (Fsp3) is 0.188. The molecule has 7 nitrogen and oxygen atoms in total. The highest BCUT2D eigenvalue weighted by molar-refractivity contribution is 7.18. The molecule has 0 saturated carbocycles. The molecule has 8 heteroatoms. The number of hydrogen-bond donors (Lipinski definition) is 1. The summed E-state index contributed by atoms with van der Waals surface area (Å²) in [6.07, 6.45) is 5.13. The third-order valence-corrected chi connectivity index (χ3v) is 4.37. The summed E-state index contributed by atoms with van der Waals surface area (Å²) in [4.78, 5) is 13.7. The van der Waals surface area contributed by atoms with Crippen LogP contribution in [0.2, 0.25) is 0 Å². The Morgan fingerprint density at radius 3 is 2.88 bits per heavy atom. The summed E-state index contributed by atoms with van der Waals surface area (Å²) in [5.41, 5.74) is 7.55. The van der Waals surface area contributed by atoms with Gasteiger partial charge in [-0.1, -0.05) is 11.3 Å². The van der Waals surface area contributed by atoms with Crippen molar-refractivity contribution in [3.63, 3.8) is 0 Å². The zero-order chi connectivity index (χ0) is 16.5. The fourth-order valence-electron chi connectivity index (χ4n) is 2.48. The Kier molecular flexibility index (Phi) is 3.75. The number of methoxy groups -OCH3 is 1. The number of nitrogens with zero attached hydrogens (tertiary/aromatic N) is 3. The number of pyridine rings is 2. The summed E-state index contributed by atoms with van der Waals surface area (Å²) in [5.74, 6) is 0.547. The number of furan rings is 1. The molecule has 0 aromatic carbocycles. The average molecular weight is 342 g/mol. The Morgan fingerprint density at radius 1 is 1.17 bits per heavy atom. The zero-order valence-corrected chi connectivity index (χ0v) is 13.7. The van der Waals surface area contributed by atoms with Crippen LogP contribution in [0.15, 0.2) is 35.1 Å². The smallest absolute Gasteiger partial charge is 0.227 e. The molecule has 2 N–H and O–H groups in total. The first-order valence-corrected chi connectivity index (χ1v) is 8.09. The molecule has 0 spiro atoms. The van der Waals surface area contributed by atoms with Crippen molar-refractivity contribution in [3.8, 4) is 16.3 Å². The summed E-state index contributed by atoms with van der Waals surface area (Å²) in [6.45, 7) is 0.836. The number of hydrogen-bond acceptors (Lipinski definition) is 8. The van der Waals surface area contributed by atoms with Gasteiger partial charge < -0.3 is 19.6 Å². The topological polar surface area (TPSA) is 96.3 Å². The van der Waals surface area contributed by atoms with Gasteiger partial charge in [0.25, 0.3) is 0 Å². The Hall–Kier alpha value is -2.71. The van der Waals surface area contributed by atoms with Crippen molar-refractivity contribution in [2.45, 2.75) is 0 Å². The lowest BCUT2D eigenvalue weighted by molar-refractivity contribution is 0.146. The van der Waals surface area contributed by atoms with Crippen molar-refractivity contribution >= 4 is 38.5 Å². The minimum Gasteiger partial charge on any atom is -0.485 e. The fourth-order valence-corrected chi connectivity index (χ4v) is 3.15. The molecular formula is C16H14N4O3S. The van der Waals surface area contributed by atoms with Gasteiger partial charge in [0.1, 0.15) is 12.3 Å². The standard InChI is InChI=1S/C16H14N4O3S/c1-21-5-6-22-14-12(11-8-20-16(17)24-11)19-7-10-9-3-2-4-18-15(9)23-13(10)14/h2-4,7-8H,5-6H2,1H3,(H2,17,20). The predicted molar refractivity (Wildman–Crippen MR) is 92.2 cm³/mol. The van der Waals surface area contributed by atoms with Crippen molar-refractivity contribution in [3.05, 3.63) is 30.7 Å². The van der Waals surface area contributed by atoms with Crippen LogP contribution in [-0.2, 0) is 4.74 Å². The summed E-state index contributed by atoms with van der Waals surface area (Å²) in [6, 6.07) is 3.81. The Bertz CT molecular complexity index is 1010. The van der Waals surface area contributed by atoms with Gasteiger partial charge in [0.2, 0.25) is 5.71 Å². The zero-order valence-electron chi connectivity index (χ0n) is 12.9. The number of ether oxygens (including phenoxy) is 2. The van der Waals surface area contributed by atoms with Gasteiger partial charge in [0.05, 0.1) is 16.9 Å². The first-order valence-electron chi connectivity index (χ1n) is 7.27. The van der Waals surface area contributed by atoms with Crippen molar-refractivity contribution in [1.29, 1.82) is 0 Å². The summed E-state index contributed by atoms with van der Waals surface area (Å²) < 4.78 is 16.9. The Labute approximate surface area is 141 Å². The van der Waals surface area contributed by atoms with Gasteiger partial charge in [0, 0.05) is 31.1 Å². The largest absolute Gasteiger partial charge is 0.485 e. The van der Waals surface area contributed by atoms with Crippen molar-refractivity contribution in [2.75, 3.05) is 26.1 Å². The molecule has 4 heterocycles. The quantitative estimate of drug-likeness (QED) is 0.557. The van der Waals surface area contributed by atoms with Gasteiger partial charge in [0.15, 0.2) is 16.5 Å². The molecule has 122 valence electrons. The minimum atomic E-state index is 0.378. The van der Waals surface area contributed by atoms with E-state index in [-0.39, 0.29) is 0 Å². The van der Waals surface area contributed by atoms with Gasteiger partial charge in [-0.25, -0.2) is 9.97 Å². The molecule has 0 unspecified atom stereocenters.